The van der Waals surface area contributed by atoms with Gasteiger partial charge in [-0.25, -0.2) is 8.42 Å². The maximum absolute atomic E-state index is 11.7. The van der Waals surface area contributed by atoms with Gasteiger partial charge in [0.05, 0.1) is 17.5 Å². The van der Waals surface area contributed by atoms with Crippen molar-refractivity contribution in [2.75, 3.05) is 16.4 Å². The van der Waals surface area contributed by atoms with Crippen LogP contribution < -0.4 is 4.90 Å². The number of fused-ring (bicyclic) bond motifs is 1. The Morgan fingerprint density at radius 3 is 2.40 bits per heavy atom. The minimum atomic E-state index is -3.02. The van der Waals surface area contributed by atoms with E-state index in [-0.39, 0.29) is 39.8 Å². The number of anilines is 1. The fourth-order valence-electron chi connectivity index (χ4n) is 2.49. The van der Waals surface area contributed by atoms with Crippen LogP contribution in [0.5, 0.6) is 0 Å². The van der Waals surface area contributed by atoms with Crippen LogP contribution >= 0.6 is 51.9 Å². The zero-order valence-electron chi connectivity index (χ0n) is 10.0. The first-order chi connectivity index (χ1) is 8.85. The standard InChI is InChI=1S/C11H10Cl2N2O2S2.BrH/c12-6-1-7(13)3-8(2-6)15-9-4-19(16,17)5-10(9)18-11(15)14;/h1-3,9-10,14H,4-5H2;1H. The van der Waals surface area contributed by atoms with E-state index in [1.54, 1.807) is 23.1 Å². The van der Waals surface area contributed by atoms with Crippen molar-refractivity contribution >= 4 is 72.6 Å². The zero-order chi connectivity index (χ0) is 13.8. The summed E-state index contributed by atoms with van der Waals surface area (Å²) in [5, 5.41) is 9.25. The van der Waals surface area contributed by atoms with Gasteiger partial charge in [0.15, 0.2) is 15.0 Å². The number of nitrogens with one attached hydrogen (secondary N) is 1. The molecule has 0 saturated carbocycles. The van der Waals surface area contributed by atoms with Crippen molar-refractivity contribution in [1.29, 1.82) is 5.41 Å². The summed E-state index contributed by atoms with van der Waals surface area (Å²) in [6.45, 7) is 0. The Kier molecular flexibility index (Phi) is 4.67. The second kappa shape index (κ2) is 5.68. The van der Waals surface area contributed by atoms with Crippen LogP contribution in [-0.4, -0.2) is 36.4 Å². The van der Waals surface area contributed by atoms with Gasteiger partial charge in [0.1, 0.15) is 0 Å². The summed E-state index contributed by atoms with van der Waals surface area (Å²) in [6, 6.07) is 4.82. The van der Waals surface area contributed by atoms with Gasteiger partial charge in [-0.1, -0.05) is 35.0 Å². The molecule has 0 aromatic heterocycles. The van der Waals surface area contributed by atoms with E-state index in [2.05, 4.69) is 0 Å². The summed E-state index contributed by atoms with van der Waals surface area (Å²) < 4.78 is 23.4. The molecule has 2 fully saturated rings. The summed E-state index contributed by atoms with van der Waals surface area (Å²) in [5.41, 5.74) is 0.680. The molecule has 2 saturated heterocycles. The fourth-order valence-corrected chi connectivity index (χ4v) is 6.80. The second-order valence-electron chi connectivity index (χ2n) is 4.60. The monoisotopic (exact) mass is 416 g/mol. The topological polar surface area (TPSA) is 61.2 Å². The fraction of sp³-hybridized carbons (Fsp3) is 0.364. The zero-order valence-corrected chi connectivity index (χ0v) is 14.9. The molecule has 2 aliphatic heterocycles. The molecule has 0 spiro atoms. The Labute approximate surface area is 142 Å². The molecule has 20 heavy (non-hydrogen) atoms. The number of amidine groups is 1. The highest BCUT2D eigenvalue weighted by Crippen LogP contribution is 2.41. The Morgan fingerprint density at radius 2 is 1.80 bits per heavy atom. The maximum atomic E-state index is 11.7. The highest BCUT2D eigenvalue weighted by molar-refractivity contribution is 8.93. The van der Waals surface area contributed by atoms with E-state index < -0.39 is 9.84 Å². The molecule has 2 atom stereocenters. The van der Waals surface area contributed by atoms with Gasteiger partial charge in [-0.3, -0.25) is 5.41 Å². The first-order valence-corrected chi connectivity index (χ1v) is 9.02. The second-order valence-corrected chi connectivity index (χ2v) is 8.86. The predicted molar refractivity (Wildman–Crippen MR) is 90.8 cm³/mol. The lowest BCUT2D eigenvalue weighted by Gasteiger charge is -2.24. The molecule has 0 amide bonds. The van der Waals surface area contributed by atoms with Crippen molar-refractivity contribution in [3.05, 3.63) is 28.2 Å². The first kappa shape index (κ1) is 16.4. The SMILES string of the molecule is Br.N=C1SC2CS(=O)(=O)CC2N1c1cc(Cl)cc(Cl)c1. The summed E-state index contributed by atoms with van der Waals surface area (Å²) in [4.78, 5) is 1.72. The van der Waals surface area contributed by atoms with Gasteiger partial charge >= 0.3 is 0 Å². The van der Waals surface area contributed by atoms with Gasteiger partial charge in [0.25, 0.3) is 0 Å². The quantitative estimate of drug-likeness (QED) is 0.761. The van der Waals surface area contributed by atoms with Crippen LogP contribution in [0.1, 0.15) is 0 Å². The molecule has 1 aromatic carbocycles. The molecule has 2 heterocycles. The highest BCUT2D eigenvalue weighted by Gasteiger charge is 2.48. The molecule has 4 nitrogen and oxygen atoms in total. The van der Waals surface area contributed by atoms with E-state index >= 15 is 0 Å². The molecule has 2 unspecified atom stereocenters. The summed E-state index contributed by atoms with van der Waals surface area (Å²) in [6.07, 6.45) is 0. The van der Waals surface area contributed by atoms with Gasteiger partial charge < -0.3 is 4.90 Å². The lowest BCUT2D eigenvalue weighted by Crippen LogP contribution is -2.37. The molecule has 110 valence electrons. The van der Waals surface area contributed by atoms with Crippen LogP contribution in [0.25, 0.3) is 0 Å². The van der Waals surface area contributed by atoms with E-state index in [0.717, 1.165) is 0 Å². The summed E-state index contributed by atoms with van der Waals surface area (Å²) >= 11 is 13.2. The third-order valence-electron chi connectivity index (χ3n) is 3.21. The number of nitrogens with zero attached hydrogens (tertiary/aromatic N) is 1. The molecule has 2 aliphatic rings. The minimum absolute atomic E-state index is 0. The van der Waals surface area contributed by atoms with Crippen LogP contribution in [0, 0.1) is 5.41 Å². The van der Waals surface area contributed by atoms with Gasteiger partial charge in [-0.15, -0.1) is 17.0 Å². The number of halogens is 3. The first-order valence-electron chi connectivity index (χ1n) is 5.57. The van der Waals surface area contributed by atoms with Crippen molar-refractivity contribution in [3.8, 4) is 0 Å². The molecule has 9 heteroatoms. The van der Waals surface area contributed by atoms with Crippen LogP contribution in [0.2, 0.25) is 10.0 Å². The van der Waals surface area contributed by atoms with Gasteiger partial charge in [-0.05, 0) is 18.2 Å². The summed E-state index contributed by atoms with van der Waals surface area (Å²) in [5.74, 6) is 0.215. The van der Waals surface area contributed by atoms with Crippen molar-refractivity contribution in [1.82, 2.24) is 0 Å². The highest BCUT2D eigenvalue weighted by atomic mass is 79.9. The normalized spacial score (nSPS) is 27.3. The summed E-state index contributed by atoms with van der Waals surface area (Å²) in [7, 11) is -3.02. The lowest BCUT2D eigenvalue weighted by molar-refractivity contribution is 0.601. The number of hydrogen-bond donors (Lipinski definition) is 1. The minimum Gasteiger partial charge on any atom is -0.316 e. The average molecular weight is 418 g/mol. The third-order valence-corrected chi connectivity index (χ3v) is 6.78. The van der Waals surface area contributed by atoms with Crippen molar-refractivity contribution in [3.63, 3.8) is 0 Å². The smallest absolute Gasteiger partial charge is 0.161 e. The van der Waals surface area contributed by atoms with E-state index in [0.29, 0.717) is 20.9 Å². The molecular formula is C11H11BrCl2N2O2S2. The molecule has 0 radical (unpaired) electrons. The van der Waals surface area contributed by atoms with E-state index in [4.69, 9.17) is 28.6 Å². The van der Waals surface area contributed by atoms with Crippen LogP contribution in [0.15, 0.2) is 18.2 Å². The van der Waals surface area contributed by atoms with E-state index in [9.17, 15) is 8.42 Å². The van der Waals surface area contributed by atoms with Crippen molar-refractivity contribution in [2.24, 2.45) is 0 Å². The number of hydrogen-bond acceptors (Lipinski definition) is 4. The molecular weight excluding hydrogens is 407 g/mol. The molecule has 1 N–H and O–H groups in total. The van der Waals surface area contributed by atoms with Crippen LogP contribution in [0.4, 0.5) is 5.69 Å². The van der Waals surface area contributed by atoms with Gasteiger partial charge in [-0.2, -0.15) is 0 Å². The largest absolute Gasteiger partial charge is 0.316 e. The number of benzene rings is 1. The predicted octanol–water partition coefficient (Wildman–Crippen LogP) is 3.22. The van der Waals surface area contributed by atoms with E-state index in [1.165, 1.54) is 11.8 Å². The number of rotatable bonds is 1. The molecule has 1 aromatic rings. The number of sulfone groups is 1. The third kappa shape index (κ3) is 2.97. The molecule has 3 rings (SSSR count). The Hall–Kier alpha value is 0.0500. The van der Waals surface area contributed by atoms with Crippen molar-refractivity contribution < 1.29 is 8.42 Å². The molecule has 0 aliphatic carbocycles. The van der Waals surface area contributed by atoms with Crippen LogP contribution in [-0.2, 0) is 9.84 Å². The Morgan fingerprint density at radius 1 is 1.20 bits per heavy atom. The Bertz CT molecular complexity index is 648. The van der Waals surface area contributed by atoms with Gasteiger partial charge in [0, 0.05) is 21.0 Å². The van der Waals surface area contributed by atoms with Crippen molar-refractivity contribution in [2.45, 2.75) is 11.3 Å². The van der Waals surface area contributed by atoms with Gasteiger partial charge in [0.2, 0.25) is 0 Å². The van der Waals surface area contributed by atoms with Crippen LogP contribution in [0.3, 0.4) is 0 Å². The average Bonchev–Trinajstić information content (AvgIpc) is 2.66. The Balaban J connectivity index is 0.00000147. The lowest BCUT2D eigenvalue weighted by atomic mass is 10.2. The maximum Gasteiger partial charge on any atom is 0.161 e. The number of thioether (sulfide) groups is 1. The molecule has 0 bridgehead atoms. The van der Waals surface area contributed by atoms with E-state index in [1.807, 2.05) is 0 Å².